The Labute approximate surface area is 115 Å². The highest BCUT2D eigenvalue weighted by molar-refractivity contribution is 5.31. The van der Waals surface area contributed by atoms with E-state index in [1.165, 1.54) is 6.42 Å². The molecule has 2 rings (SSSR count). The topological polar surface area (TPSA) is 33.7 Å². The van der Waals surface area contributed by atoms with E-state index in [4.69, 9.17) is 9.47 Å². The molecule has 0 aromatic heterocycles. The lowest BCUT2D eigenvalue weighted by molar-refractivity contribution is 0.164. The van der Waals surface area contributed by atoms with Crippen LogP contribution in [-0.4, -0.2) is 50.8 Å². The molecular weight excluding hydrogens is 240 g/mol. The number of rotatable bonds is 6. The minimum atomic E-state index is 0.634. The Balaban J connectivity index is 1.70. The molecule has 0 radical (unpaired) electrons. The molecule has 0 spiro atoms. The Kier molecular flexibility index (Phi) is 5.48. The Morgan fingerprint density at radius 2 is 2.00 bits per heavy atom. The molecule has 1 atom stereocenters. The minimum absolute atomic E-state index is 0.634. The molecule has 1 aliphatic heterocycles. The summed E-state index contributed by atoms with van der Waals surface area (Å²) in [6.07, 6.45) is 1.19. The van der Waals surface area contributed by atoms with E-state index in [1.807, 2.05) is 24.3 Å². The summed E-state index contributed by atoms with van der Waals surface area (Å²) in [5, 5.41) is 3.52. The van der Waals surface area contributed by atoms with E-state index in [-0.39, 0.29) is 0 Å². The molecule has 0 amide bonds. The van der Waals surface area contributed by atoms with Crippen molar-refractivity contribution in [3.63, 3.8) is 0 Å². The molecule has 4 nitrogen and oxygen atoms in total. The van der Waals surface area contributed by atoms with Gasteiger partial charge in [-0.25, -0.2) is 0 Å². The van der Waals surface area contributed by atoms with Crippen LogP contribution in [0.2, 0.25) is 0 Å². The average Bonchev–Trinajstić information content (AvgIpc) is 2.48. The summed E-state index contributed by atoms with van der Waals surface area (Å²) in [5.41, 5.74) is 0. The van der Waals surface area contributed by atoms with Gasteiger partial charge < -0.3 is 14.8 Å². The molecule has 19 heavy (non-hydrogen) atoms. The van der Waals surface area contributed by atoms with E-state index in [1.54, 1.807) is 7.11 Å². The Morgan fingerprint density at radius 1 is 1.26 bits per heavy atom. The molecule has 1 saturated heterocycles. The summed E-state index contributed by atoms with van der Waals surface area (Å²) in [5.74, 6) is 1.77. The highest BCUT2D eigenvalue weighted by Gasteiger charge is 2.17. The molecule has 0 aliphatic carbocycles. The largest absolute Gasteiger partial charge is 0.497 e. The lowest BCUT2D eigenvalue weighted by atomic mass is 10.1. The van der Waals surface area contributed by atoms with E-state index in [9.17, 15) is 0 Å². The van der Waals surface area contributed by atoms with Crippen LogP contribution in [0, 0.1) is 0 Å². The van der Waals surface area contributed by atoms with Gasteiger partial charge >= 0.3 is 0 Å². The molecule has 1 heterocycles. The van der Waals surface area contributed by atoms with Gasteiger partial charge in [-0.05, 0) is 30.7 Å². The van der Waals surface area contributed by atoms with Gasteiger partial charge in [0.15, 0.2) is 0 Å². The van der Waals surface area contributed by atoms with E-state index in [0.29, 0.717) is 6.04 Å². The highest BCUT2D eigenvalue weighted by atomic mass is 16.5. The van der Waals surface area contributed by atoms with Crippen LogP contribution in [-0.2, 0) is 0 Å². The van der Waals surface area contributed by atoms with Crippen LogP contribution in [0.4, 0.5) is 0 Å². The second-order valence-electron chi connectivity index (χ2n) is 4.88. The van der Waals surface area contributed by atoms with Gasteiger partial charge in [0.25, 0.3) is 0 Å². The predicted molar refractivity (Wildman–Crippen MR) is 77.0 cm³/mol. The number of benzene rings is 1. The zero-order valence-electron chi connectivity index (χ0n) is 11.9. The Bertz CT molecular complexity index is 367. The van der Waals surface area contributed by atoms with E-state index < -0.39 is 0 Å². The maximum atomic E-state index is 5.76. The van der Waals surface area contributed by atoms with Gasteiger partial charge in [0.1, 0.15) is 18.1 Å². The molecule has 0 saturated carbocycles. The van der Waals surface area contributed by atoms with Gasteiger partial charge in [0.2, 0.25) is 0 Å². The number of piperazine rings is 1. The zero-order chi connectivity index (χ0) is 13.5. The highest BCUT2D eigenvalue weighted by Crippen LogP contribution is 2.16. The molecule has 1 aromatic carbocycles. The fraction of sp³-hybridized carbons (Fsp3) is 0.600. The maximum Gasteiger partial charge on any atom is 0.119 e. The summed E-state index contributed by atoms with van der Waals surface area (Å²) in [4.78, 5) is 2.47. The number of methoxy groups -OCH3 is 1. The minimum Gasteiger partial charge on any atom is -0.497 e. The van der Waals surface area contributed by atoms with Crippen molar-refractivity contribution in [2.75, 3.05) is 39.9 Å². The SMILES string of the molecule is CCC1CN(CCOc2ccc(OC)cc2)CCN1. The van der Waals surface area contributed by atoms with E-state index in [0.717, 1.165) is 44.3 Å². The van der Waals surface area contributed by atoms with Gasteiger partial charge in [0, 0.05) is 32.2 Å². The standard InChI is InChI=1S/C15H24N2O2/c1-3-13-12-17(9-8-16-13)10-11-19-15-6-4-14(18-2)5-7-15/h4-7,13,16H,3,8-12H2,1-2H3. The summed E-state index contributed by atoms with van der Waals surface area (Å²) >= 11 is 0. The first-order chi connectivity index (χ1) is 9.31. The van der Waals surface area contributed by atoms with Crippen molar-refractivity contribution in [1.82, 2.24) is 10.2 Å². The van der Waals surface area contributed by atoms with Crippen molar-refractivity contribution < 1.29 is 9.47 Å². The zero-order valence-corrected chi connectivity index (χ0v) is 11.9. The molecule has 1 unspecified atom stereocenters. The van der Waals surface area contributed by atoms with Crippen LogP contribution in [0.3, 0.4) is 0 Å². The quantitative estimate of drug-likeness (QED) is 0.849. The Hall–Kier alpha value is -1.26. The first-order valence-electron chi connectivity index (χ1n) is 7.04. The molecule has 1 aliphatic rings. The van der Waals surface area contributed by atoms with Gasteiger partial charge in [0.05, 0.1) is 7.11 Å². The molecule has 1 aromatic rings. The second-order valence-corrected chi connectivity index (χ2v) is 4.88. The number of hydrogen-bond acceptors (Lipinski definition) is 4. The number of ether oxygens (including phenoxy) is 2. The average molecular weight is 264 g/mol. The van der Waals surface area contributed by atoms with Crippen molar-refractivity contribution in [2.45, 2.75) is 19.4 Å². The first-order valence-corrected chi connectivity index (χ1v) is 7.04. The first kappa shape index (κ1) is 14.2. The lowest BCUT2D eigenvalue weighted by Gasteiger charge is -2.33. The van der Waals surface area contributed by atoms with Crippen LogP contribution in [0.1, 0.15) is 13.3 Å². The number of nitrogens with one attached hydrogen (secondary N) is 1. The number of hydrogen-bond donors (Lipinski definition) is 1. The third-order valence-corrected chi connectivity index (χ3v) is 3.57. The lowest BCUT2D eigenvalue weighted by Crippen LogP contribution is -2.51. The van der Waals surface area contributed by atoms with E-state index >= 15 is 0 Å². The maximum absolute atomic E-state index is 5.76. The molecule has 0 bridgehead atoms. The second kappa shape index (κ2) is 7.36. The summed E-state index contributed by atoms with van der Waals surface area (Å²) in [6, 6.07) is 8.38. The molecule has 106 valence electrons. The van der Waals surface area contributed by atoms with Gasteiger partial charge in [-0.3, -0.25) is 4.90 Å². The summed E-state index contributed by atoms with van der Waals surface area (Å²) in [7, 11) is 1.67. The molecule has 1 N–H and O–H groups in total. The summed E-state index contributed by atoms with van der Waals surface area (Å²) < 4.78 is 10.9. The smallest absolute Gasteiger partial charge is 0.119 e. The van der Waals surface area contributed by atoms with E-state index in [2.05, 4.69) is 17.1 Å². The molecule has 4 heteroatoms. The van der Waals surface area contributed by atoms with Crippen molar-refractivity contribution in [3.05, 3.63) is 24.3 Å². The third kappa shape index (κ3) is 4.40. The van der Waals surface area contributed by atoms with Crippen LogP contribution in [0.15, 0.2) is 24.3 Å². The van der Waals surface area contributed by atoms with Crippen molar-refractivity contribution in [3.8, 4) is 11.5 Å². The third-order valence-electron chi connectivity index (χ3n) is 3.57. The normalized spacial score (nSPS) is 20.2. The van der Waals surface area contributed by atoms with Crippen molar-refractivity contribution in [2.24, 2.45) is 0 Å². The van der Waals surface area contributed by atoms with Crippen LogP contribution >= 0.6 is 0 Å². The van der Waals surface area contributed by atoms with Crippen molar-refractivity contribution in [1.29, 1.82) is 0 Å². The van der Waals surface area contributed by atoms with Gasteiger partial charge in [-0.2, -0.15) is 0 Å². The van der Waals surface area contributed by atoms with Gasteiger partial charge in [-0.1, -0.05) is 6.92 Å². The predicted octanol–water partition coefficient (Wildman–Crippen LogP) is 1.76. The van der Waals surface area contributed by atoms with Crippen molar-refractivity contribution >= 4 is 0 Å². The fourth-order valence-electron chi connectivity index (χ4n) is 2.34. The van der Waals surface area contributed by atoms with Crippen LogP contribution < -0.4 is 14.8 Å². The molecular formula is C15H24N2O2. The Morgan fingerprint density at radius 3 is 2.68 bits per heavy atom. The molecule has 1 fully saturated rings. The van der Waals surface area contributed by atoms with Crippen LogP contribution in [0.5, 0.6) is 11.5 Å². The van der Waals surface area contributed by atoms with Crippen LogP contribution in [0.25, 0.3) is 0 Å². The summed E-state index contributed by atoms with van der Waals surface area (Å²) in [6.45, 7) is 7.29. The number of nitrogens with zero attached hydrogens (tertiary/aromatic N) is 1. The monoisotopic (exact) mass is 264 g/mol. The fourth-order valence-corrected chi connectivity index (χ4v) is 2.34. The van der Waals surface area contributed by atoms with Gasteiger partial charge in [-0.15, -0.1) is 0 Å².